The van der Waals surface area contributed by atoms with E-state index in [-0.39, 0.29) is 33.1 Å². The second-order valence-corrected chi connectivity index (χ2v) is 5.57. The molecule has 1 aromatic rings. The van der Waals surface area contributed by atoms with Crippen LogP contribution >= 0.6 is 22.0 Å². The molecule has 0 fully saturated rings. The van der Waals surface area contributed by atoms with Crippen molar-refractivity contribution in [2.24, 2.45) is 0 Å². The third-order valence-corrected chi connectivity index (χ3v) is 2.94. The topological polar surface area (TPSA) is 34.1 Å². The minimum absolute atomic E-state index is 0. The molecule has 1 aromatic heterocycles. The summed E-state index contributed by atoms with van der Waals surface area (Å²) < 4.78 is 20.9. The van der Waals surface area contributed by atoms with Gasteiger partial charge in [-0.3, -0.25) is 0 Å². The molecular formula is C5H7ClO2PbS2. The van der Waals surface area contributed by atoms with E-state index in [1.54, 1.807) is 12.1 Å². The average molecular weight is 406 g/mol. The van der Waals surface area contributed by atoms with Gasteiger partial charge in [-0.1, -0.05) is 6.07 Å². The van der Waals surface area contributed by atoms with Crippen molar-refractivity contribution in [2.45, 2.75) is 5.75 Å². The summed E-state index contributed by atoms with van der Waals surface area (Å²) in [6, 6.07) is 3.53. The maximum absolute atomic E-state index is 10.5. The Kier molecular flexibility index (Phi) is 5.16. The SMILES string of the molecule is O=S(=O)(Cl)Cc1cccs1.[PbH2]. The van der Waals surface area contributed by atoms with Gasteiger partial charge in [-0.25, -0.2) is 8.42 Å². The molecule has 0 saturated heterocycles. The van der Waals surface area contributed by atoms with E-state index < -0.39 is 9.05 Å². The quantitative estimate of drug-likeness (QED) is 0.541. The molecule has 6 heteroatoms. The number of hydrogen-bond donors (Lipinski definition) is 0. The molecule has 0 bridgehead atoms. The summed E-state index contributed by atoms with van der Waals surface area (Å²) in [6.07, 6.45) is 0. The van der Waals surface area contributed by atoms with Crippen LogP contribution < -0.4 is 0 Å². The fourth-order valence-corrected chi connectivity index (χ4v) is 2.77. The van der Waals surface area contributed by atoms with Gasteiger partial charge in [-0.15, -0.1) is 11.3 Å². The molecule has 0 N–H and O–H groups in total. The van der Waals surface area contributed by atoms with Gasteiger partial charge in [0, 0.05) is 15.6 Å². The fraction of sp³-hybridized carbons (Fsp3) is 0.200. The third kappa shape index (κ3) is 5.16. The average Bonchev–Trinajstić information content (AvgIpc) is 2.12. The fourth-order valence-electron chi connectivity index (χ4n) is 0.565. The zero-order valence-corrected chi connectivity index (χ0v) is 13.5. The zero-order chi connectivity index (χ0) is 7.61. The van der Waals surface area contributed by atoms with Gasteiger partial charge < -0.3 is 0 Å². The monoisotopic (exact) mass is 406 g/mol. The Morgan fingerprint density at radius 1 is 1.55 bits per heavy atom. The summed E-state index contributed by atoms with van der Waals surface area (Å²) in [7, 11) is 1.64. The van der Waals surface area contributed by atoms with E-state index >= 15 is 0 Å². The van der Waals surface area contributed by atoms with Crippen LogP contribution in [0.3, 0.4) is 0 Å². The summed E-state index contributed by atoms with van der Waals surface area (Å²) in [5.74, 6) is -0.0633. The van der Waals surface area contributed by atoms with Gasteiger partial charge in [0.25, 0.3) is 0 Å². The van der Waals surface area contributed by atoms with Crippen LogP contribution in [0.25, 0.3) is 0 Å². The van der Waals surface area contributed by atoms with Crippen LogP contribution in [-0.2, 0) is 14.8 Å². The standard InChI is InChI=1S/C5H5ClO2S2.Pb.2H/c6-10(7,8)4-5-2-1-3-9-5;;;/h1-3H,4H2;;;. The van der Waals surface area contributed by atoms with Gasteiger partial charge in [0.2, 0.25) is 9.05 Å². The van der Waals surface area contributed by atoms with Gasteiger partial charge >= 0.3 is 27.3 Å². The molecule has 62 valence electrons. The number of hydrogen-bond acceptors (Lipinski definition) is 3. The van der Waals surface area contributed by atoms with Gasteiger partial charge in [-0.05, 0) is 11.4 Å². The Bertz CT molecular complexity index is 292. The molecule has 1 heterocycles. The van der Waals surface area contributed by atoms with Crippen LogP contribution in [0.15, 0.2) is 17.5 Å². The van der Waals surface area contributed by atoms with E-state index in [1.165, 1.54) is 11.3 Å². The predicted octanol–water partition coefficient (Wildman–Crippen LogP) is 0.901. The molecule has 0 aromatic carbocycles. The van der Waals surface area contributed by atoms with Crippen LogP contribution in [0.1, 0.15) is 4.88 Å². The Hall–Kier alpha value is 0.862. The van der Waals surface area contributed by atoms with Crippen LogP contribution in [0.2, 0.25) is 0 Å². The molecule has 0 spiro atoms. The van der Waals surface area contributed by atoms with E-state index in [1.807, 2.05) is 5.38 Å². The minimum atomic E-state index is -3.36. The normalized spacial score (nSPS) is 10.6. The Balaban J connectivity index is 0.000001000. The van der Waals surface area contributed by atoms with Crippen molar-refractivity contribution in [3.05, 3.63) is 22.4 Å². The molecule has 0 aliphatic heterocycles. The number of rotatable bonds is 2. The number of halogens is 1. The van der Waals surface area contributed by atoms with Crippen molar-refractivity contribution in [3.63, 3.8) is 0 Å². The van der Waals surface area contributed by atoms with Gasteiger partial charge in [-0.2, -0.15) is 0 Å². The first kappa shape index (κ1) is 11.9. The third-order valence-electron chi connectivity index (χ3n) is 0.895. The molecule has 1 rings (SSSR count). The van der Waals surface area contributed by atoms with Crippen molar-refractivity contribution >= 4 is 58.4 Å². The molecule has 2 radical (unpaired) electrons. The molecule has 0 unspecified atom stereocenters. The van der Waals surface area contributed by atoms with E-state index in [0.29, 0.717) is 0 Å². The van der Waals surface area contributed by atoms with Crippen molar-refractivity contribution in [1.29, 1.82) is 0 Å². The summed E-state index contributed by atoms with van der Waals surface area (Å²) >= 11 is 1.39. The van der Waals surface area contributed by atoms with E-state index in [4.69, 9.17) is 10.7 Å². The van der Waals surface area contributed by atoms with Crippen LogP contribution in [0, 0.1) is 0 Å². The van der Waals surface area contributed by atoms with E-state index in [9.17, 15) is 8.42 Å². The van der Waals surface area contributed by atoms with Crippen molar-refractivity contribution in [2.75, 3.05) is 0 Å². The van der Waals surface area contributed by atoms with E-state index in [0.717, 1.165) is 4.88 Å². The maximum atomic E-state index is 10.5. The van der Waals surface area contributed by atoms with Crippen LogP contribution in [0.4, 0.5) is 0 Å². The molecular weight excluding hydrogens is 399 g/mol. The second kappa shape index (κ2) is 4.78. The van der Waals surface area contributed by atoms with Crippen molar-refractivity contribution in [3.8, 4) is 0 Å². The Morgan fingerprint density at radius 2 is 2.18 bits per heavy atom. The van der Waals surface area contributed by atoms with Crippen LogP contribution in [0.5, 0.6) is 0 Å². The summed E-state index contributed by atoms with van der Waals surface area (Å²) in [5, 5.41) is 1.82. The molecule has 11 heavy (non-hydrogen) atoms. The molecule has 0 saturated carbocycles. The molecule has 0 amide bonds. The van der Waals surface area contributed by atoms with Gasteiger partial charge in [0.15, 0.2) is 0 Å². The Morgan fingerprint density at radius 3 is 2.55 bits per heavy atom. The molecule has 0 aliphatic rings. The first-order valence-electron chi connectivity index (χ1n) is 2.53. The molecule has 0 atom stereocenters. The Labute approximate surface area is 94.2 Å². The first-order valence-corrected chi connectivity index (χ1v) is 5.88. The first-order chi connectivity index (χ1) is 4.58. The summed E-state index contributed by atoms with van der Waals surface area (Å²) in [5.41, 5.74) is 0. The van der Waals surface area contributed by atoms with Crippen LogP contribution in [-0.4, -0.2) is 35.7 Å². The second-order valence-electron chi connectivity index (χ2n) is 1.76. The van der Waals surface area contributed by atoms with Gasteiger partial charge in [0.1, 0.15) is 0 Å². The molecule has 2 nitrogen and oxygen atoms in total. The zero-order valence-electron chi connectivity index (χ0n) is 5.66. The summed E-state index contributed by atoms with van der Waals surface area (Å²) in [6.45, 7) is 0. The van der Waals surface area contributed by atoms with E-state index in [2.05, 4.69) is 0 Å². The number of thiophene rings is 1. The van der Waals surface area contributed by atoms with Crippen molar-refractivity contribution in [1.82, 2.24) is 0 Å². The summed E-state index contributed by atoms with van der Waals surface area (Å²) in [4.78, 5) is 0.773. The van der Waals surface area contributed by atoms with Crippen molar-refractivity contribution < 1.29 is 8.42 Å². The molecule has 0 aliphatic carbocycles. The van der Waals surface area contributed by atoms with Gasteiger partial charge in [0.05, 0.1) is 5.75 Å². The predicted molar refractivity (Wildman–Crippen MR) is 51.3 cm³/mol.